The van der Waals surface area contributed by atoms with Crippen LogP contribution >= 0.6 is 0 Å². The topological polar surface area (TPSA) is 128 Å². The van der Waals surface area contributed by atoms with Gasteiger partial charge in [0.25, 0.3) is 0 Å². The number of nitrogens with one attached hydrogen (secondary N) is 1. The van der Waals surface area contributed by atoms with Crippen LogP contribution in [0.1, 0.15) is 26.7 Å². The van der Waals surface area contributed by atoms with Crippen LogP contribution in [0.2, 0.25) is 0 Å². The molecule has 1 aliphatic rings. The lowest BCUT2D eigenvalue weighted by Crippen LogP contribution is -2.51. The number of aliphatic carboxylic acids is 1. The zero-order valence-electron chi connectivity index (χ0n) is 13.8. The van der Waals surface area contributed by atoms with Crippen LogP contribution in [0.15, 0.2) is 0 Å². The van der Waals surface area contributed by atoms with E-state index in [1.165, 1.54) is 0 Å². The van der Waals surface area contributed by atoms with Gasteiger partial charge in [0.05, 0.1) is 38.1 Å². The summed E-state index contributed by atoms with van der Waals surface area (Å²) in [7, 11) is 0. The standard InChI is InChI=1S/C15H23NO8/c1-3-23-11(17)7-10(15(21)24-4-2)12(14(19)20)16-13(18)9-5-6-22-8-9/h9-10,12H,3-8H2,1-2H3,(H,16,18)(H,19,20)/t9-,10-,12+/m1/s1. The first-order chi connectivity index (χ1) is 11.4. The van der Waals surface area contributed by atoms with Crippen molar-refractivity contribution in [2.24, 2.45) is 11.8 Å². The number of rotatable bonds is 9. The molecule has 0 radical (unpaired) electrons. The normalized spacial score (nSPS) is 19.2. The second kappa shape index (κ2) is 9.86. The zero-order chi connectivity index (χ0) is 18.1. The Kier molecular flexibility index (Phi) is 8.17. The predicted octanol–water partition coefficient (Wildman–Crippen LogP) is -0.275. The van der Waals surface area contributed by atoms with E-state index in [1.807, 2.05) is 0 Å². The van der Waals surface area contributed by atoms with E-state index >= 15 is 0 Å². The fourth-order valence-corrected chi connectivity index (χ4v) is 2.33. The minimum Gasteiger partial charge on any atom is -0.480 e. The predicted molar refractivity (Wildman–Crippen MR) is 79.9 cm³/mol. The van der Waals surface area contributed by atoms with Gasteiger partial charge < -0.3 is 24.6 Å². The van der Waals surface area contributed by atoms with Gasteiger partial charge in [-0.25, -0.2) is 4.79 Å². The van der Waals surface area contributed by atoms with Crippen LogP contribution in [-0.4, -0.2) is 61.4 Å². The maximum absolute atomic E-state index is 12.1. The minimum atomic E-state index is -1.58. The lowest BCUT2D eigenvalue weighted by Gasteiger charge is -2.23. The molecule has 0 aliphatic carbocycles. The van der Waals surface area contributed by atoms with E-state index in [2.05, 4.69) is 5.32 Å². The summed E-state index contributed by atoms with van der Waals surface area (Å²) in [5.74, 6) is -5.41. The maximum atomic E-state index is 12.1. The summed E-state index contributed by atoms with van der Waals surface area (Å²) in [5.41, 5.74) is 0. The van der Waals surface area contributed by atoms with E-state index in [-0.39, 0.29) is 19.8 Å². The van der Waals surface area contributed by atoms with E-state index in [0.29, 0.717) is 13.0 Å². The van der Waals surface area contributed by atoms with Gasteiger partial charge in [-0.2, -0.15) is 0 Å². The molecule has 9 nitrogen and oxygen atoms in total. The number of carboxylic acids is 1. The smallest absolute Gasteiger partial charge is 0.327 e. The molecule has 9 heteroatoms. The Morgan fingerprint density at radius 3 is 2.38 bits per heavy atom. The molecule has 3 atom stereocenters. The Morgan fingerprint density at radius 2 is 1.88 bits per heavy atom. The Balaban J connectivity index is 2.89. The van der Waals surface area contributed by atoms with Crippen molar-refractivity contribution in [2.75, 3.05) is 26.4 Å². The molecule has 1 fully saturated rings. The molecule has 1 heterocycles. The summed E-state index contributed by atoms with van der Waals surface area (Å²) in [6, 6.07) is -1.58. The number of esters is 2. The van der Waals surface area contributed by atoms with Gasteiger partial charge in [0.2, 0.25) is 5.91 Å². The van der Waals surface area contributed by atoms with Gasteiger partial charge in [0.15, 0.2) is 0 Å². The van der Waals surface area contributed by atoms with Crippen LogP contribution in [-0.2, 0) is 33.4 Å². The summed E-state index contributed by atoms with van der Waals surface area (Å²) >= 11 is 0. The average molecular weight is 345 g/mol. The SMILES string of the molecule is CCOC(=O)C[C@@H](C(=O)OCC)[C@H](NC(=O)[C@@H]1CCOC1)C(=O)O. The summed E-state index contributed by atoms with van der Waals surface area (Å²) in [5, 5.41) is 11.7. The third-order valence-corrected chi connectivity index (χ3v) is 3.55. The van der Waals surface area contributed by atoms with E-state index in [4.69, 9.17) is 14.2 Å². The molecule has 1 amide bonds. The number of hydrogen-bond acceptors (Lipinski definition) is 7. The van der Waals surface area contributed by atoms with E-state index in [1.54, 1.807) is 13.8 Å². The number of carbonyl (C=O) groups is 4. The number of ether oxygens (including phenoxy) is 3. The highest BCUT2D eigenvalue weighted by Crippen LogP contribution is 2.17. The highest BCUT2D eigenvalue weighted by molar-refractivity contribution is 5.91. The fourth-order valence-electron chi connectivity index (χ4n) is 2.33. The summed E-state index contributed by atoms with van der Waals surface area (Å²) in [6.45, 7) is 3.88. The van der Waals surface area contributed by atoms with Gasteiger partial charge in [0.1, 0.15) is 6.04 Å². The maximum Gasteiger partial charge on any atom is 0.327 e. The molecule has 2 N–H and O–H groups in total. The highest BCUT2D eigenvalue weighted by Gasteiger charge is 2.39. The van der Waals surface area contributed by atoms with Gasteiger partial charge in [-0.1, -0.05) is 0 Å². The molecule has 1 saturated heterocycles. The second-order valence-corrected chi connectivity index (χ2v) is 5.25. The number of carboxylic acid groups (broad SMARTS) is 1. The summed E-state index contributed by atoms with van der Waals surface area (Å²) in [4.78, 5) is 47.4. The van der Waals surface area contributed by atoms with E-state index < -0.39 is 48.1 Å². The second-order valence-electron chi connectivity index (χ2n) is 5.25. The monoisotopic (exact) mass is 345 g/mol. The molecule has 1 aliphatic heterocycles. The van der Waals surface area contributed by atoms with Crippen molar-refractivity contribution in [1.82, 2.24) is 5.32 Å². The molecule has 0 bridgehead atoms. The van der Waals surface area contributed by atoms with Crippen molar-refractivity contribution in [2.45, 2.75) is 32.7 Å². The third kappa shape index (κ3) is 5.80. The molecule has 0 aromatic heterocycles. The zero-order valence-corrected chi connectivity index (χ0v) is 13.8. The third-order valence-electron chi connectivity index (χ3n) is 3.55. The largest absolute Gasteiger partial charge is 0.480 e. The molecule has 0 aromatic rings. The van der Waals surface area contributed by atoms with Gasteiger partial charge in [0, 0.05) is 6.61 Å². The first kappa shape index (κ1) is 19.9. The molecule has 0 aromatic carbocycles. The molecule has 24 heavy (non-hydrogen) atoms. The molecule has 0 spiro atoms. The van der Waals surface area contributed by atoms with Crippen molar-refractivity contribution in [3.8, 4) is 0 Å². The number of hydrogen-bond donors (Lipinski definition) is 2. The Labute approximate surface area is 139 Å². The van der Waals surface area contributed by atoms with Crippen molar-refractivity contribution < 1.29 is 38.5 Å². The van der Waals surface area contributed by atoms with Crippen molar-refractivity contribution in [1.29, 1.82) is 0 Å². The van der Waals surface area contributed by atoms with Crippen LogP contribution in [0.3, 0.4) is 0 Å². The van der Waals surface area contributed by atoms with Crippen LogP contribution in [0.25, 0.3) is 0 Å². The van der Waals surface area contributed by atoms with Crippen LogP contribution in [0, 0.1) is 11.8 Å². The lowest BCUT2D eigenvalue weighted by molar-refractivity contribution is -0.160. The van der Waals surface area contributed by atoms with Gasteiger partial charge in [-0.3, -0.25) is 14.4 Å². The minimum absolute atomic E-state index is 0.0227. The summed E-state index contributed by atoms with van der Waals surface area (Å²) < 4.78 is 14.7. The first-order valence-corrected chi connectivity index (χ1v) is 7.83. The number of amides is 1. The van der Waals surface area contributed by atoms with Crippen LogP contribution in [0.5, 0.6) is 0 Å². The fraction of sp³-hybridized carbons (Fsp3) is 0.733. The average Bonchev–Trinajstić information content (AvgIpc) is 3.05. The molecule has 0 unspecified atom stereocenters. The van der Waals surface area contributed by atoms with Crippen molar-refractivity contribution >= 4 is 23.8 Å². The molecular weight excluding hydrogens is 322 g/mol. The number of carbonyl (C=O) groups excluding carboxylic acids is 3. The van der Waals surface area contributed by atoms with Crippen molar-refractivity contribution in [3.05, 3.63) is 0 Å². The van der Waals surface area contributed by atoms with Gasteiger partial charge >= 0.3 is 17.9 Å². The van der Waals surface area contributed by atoms with Crippen molar-refractivity contribution in [3.63, 3.8) is 0 Å². The first-order valence-electron chi connectivity index (χ1n) is 7.83. The lowest BCUT2D eigenvalue weighted by atomic mass is 9.95. The van der Waals surface area contributed by atoms with Gasteiger partial charge in [-0.05, 0) is 20.3 Å². The van der Waals surface area contributed by atoms with Crippen LogP contribution < -0.4 is 5.32 Å². The van der Waals surface area contributed by atoms with E-state index in [9.17, 15) is 24.3 Å². The summed E-state index contributed by atoms with van der Waals surface area (Å²) in [6.07, 6.45) is -0.0226. The molecule has 0 saturated carbocycles. The Hall–Kier alpha value is -2.16. The van der Waals surface area contributed by atoms with Crippen LogP contribution in [0.4, 0.5) is 0 Å². The molecular formula is C15H23NO8. The van der Waals surface area contributed by atoms with E-state index in [0.717, 1.165) is 0 Å². The molecule has 1 rings (SSSR count). The Morgan fingerprint density at radius 1 is 1.21 bits per heavy atom. The quantitative estimate of drug-likeness (QED) is 0.546. The Bertz CT molecular complexity index is 472. The van der Waals surface area contributed by atoms with Gasteiger partial charge in [-0.15, -0.1) is 0 Å². The highest BCUT2D eigenvalue weighted by atomic mass is 16.5. The molecule has 136 valence electrons.